The van der Waals surface area contributed by atoms with Crippen molar-refractivity contribution in [3.63, 3.8) is 0 Å². The Morgan fingerprint density at radius 1 is 0.979 bits per heavy atom. The number of carbonyl (C=O) groups excluding carboxylic acids is 2. The first-order valence-electron chi connectivity index (χ1n) is 15.7. The summed E-state index contributed by atoms with van der Waals surface area (Å²) < 4.78 is 43.2. The van der Waals surface area contributed by atoms with Crippen molar-refractivity contribution in [2.24, 2.45) is 0 Å². The Labute approximate surface area is 277 Å². The van der Waals surface area contributed by atoms with Gasteiger partial charge >= 0.3 is 6.09 Å². The summed E-state index contributed by atoms with van der Waals surface area (Å²) in [6.45, 7) is 5.66. The number of aliphatic hydroxyl groups is 1. The van der Waals surface area contributed by atoms with E-state index < -0.39 is 33.7 Å². The van der Waals surface area contributed by atoms with Crippen LogP contribution in [0.1, 0.15) is 74.9 Å². The fourth-order valence-electron chi connectivity index (χ4n) is 5.21. The normalized spacial score (nSPS) is 14.6. The molecular weight excluding hydrogens is 622 g/mol. The van der Waals surface area contributed by atoms with Gasteiger partial charge in [0.05, 0.1) is 37.1 Å². The Morgan fingerprint density at radius 2 is 1.62 bits per heavy atom. The quantitative estimate of drug-likeness (QED) is 0.207. The predicted molar refractivity (Wildman–Crippen MR) is 181 cm³/mol. The number of sulfonamides is 1. The van der Waals surface area contributed by atoms with Crippen LogP contribution in [0.3, 0.4) is 0 Å². The van der Waals surface area contributed by atoms with Gasteiger partial charge in [0.2, 0.25) is 10.0 Å². The van der Waals surface area contributed by atoms with Gasteiger partial charge in [-0.25, -0.2) is 17.9 Å². The lowest BCUT2D eigenvalue weighted by Crippen LogP contribution is -2.41. The van der Waals surface area contributed by atoms with Crippen LogP contribution in [0, 0.1) is 0 Å². The van der Waals surface area contributed by atoms with Crippen molar-refractivity contribution in [1.82, 2.24) is 9.62 Å². The fraction of sp³-hybridized carbons (Fsp3) is 0.429. The van der Waals surface area contributed by atoms with Gasteiger partial charge in [-0.15, -0.1) is 0 Å². The molecule has 1 atom stereocenters. The van der Waals surface area contributed by atoms with E-state index in [1.54, 1.807) is 75.4 Å². The molecule has 0 saturated heterocycles. The van der Waals surface area contributed by atoms with E-state index >= 15 is 0 Å². The van der Waals surface area contributed by atoms with Crippen LogP contribution in [0.25, 0.3) is 11.1 Å². The zero-order chi connectivity index (χ0) is 34.2. The van der Waals surface area contributed by atoms with Crippen LogP contribution < -0.4 is 19.9 Å². The van der Waals surface area contributed by atoms with Crippen LogP contribution in [0.2, 0.25) is 0 Å². The minimum absolute atomic E-state index is 0.00456. The zero-order valence-electron chi connectivity index (χ0n) is 27.4. The number of nitrogen functional groups attached to an aromatic ring is 1. The first-order chi connectivity index (χ1) is 22.2. The maximum absolute atomic E-state index is 13.0. The molecule has 3 aromatic rings. The highest BCUT2D eigenvalue weighted by Crippen LogP contribution is 2.32. The molecule has 4 N–H and O–H groups in total. The topological polar surface area (TPSA) is 157 Å². The van der Waals surface area contributed by atoms with Crippen molar-refractivity contribution >= 4 is 27.7 Å². The van der Waals surface area contributed by atoms with Crippen LogP contribution in [0.15, 0.2) is 66.7 Å². The van der Waals surface area contributed by atoms with Gasteiger partial charge in [-0.2, -0.15) is 0 Å². The van der Waals surface area contributed by atoms with E-state index in [2.05, 4.69) is 0 Å². The van der Waals surface area contributed by atoms with Gasteiger partial charge < -0.3 is 30.0 Å². The lowest BCUT2D eigenvalue weighted by atomic mass is 9.97. The third-order valence-corrected chi connectivity index (χ3v) is 8.09. The highest BCUT2D eigenvalue weighted by molar-refractivity contribution is 7.89. The number of nitrogens with zero attached hydrogens (tertiary/aromatic N) is 1. The fourth-order valence-corrected chi connectivity index (χ4v) is 5.65. The molecule has 3 aromatic carbocycles. The second kappa shape index (κ2) is 15.5. The lowest BCUT2D eigenvalue weighted by molar-refractivity contribution is 0.0117. The Kier molecular flexibility index (Phi) is 11.8. The Balaban J connectivity index is 1.44. The number of amides is 2. The number of aliphatic hydroxyl groups excluding tert-OH is 1. The highest BCUT2D eigenvalue weighted by Gasteiger charge is 2.25. The van der Waals surface area contributed by atoms with Gasteiger partial charge in [-0.3, -0.25) is 4.79 Å². The standard InChI is InChI=1S/C35H45N3O8S/c1-35(2,3)46-34(41)38(23-31(39)25-10-15-27(36)16-11-25)20-21-44-28-17-12-24(13-18-28)26-14-19-30(33(40)37-47(4,42)43)32(22-26)45-29-8-6-5-7-9-29/h10-19,22,29,31,39H,5-9,20-21,23,36H2,1-4H3,(H,37,40)/t31-/m0/s1. The number of rotatable bonds is 12. The average Bonchev–Trinajstić information content (AvgIpc) is 3.00. The molecule has 12 heteroatoms. The predicted octanol–water partition coefficient (Wildman–Crippen LogP) is 5.69. The van der Waals surface area contributed by atoms with E-state index in [0.717, 1.165) is 49.5 Å². The van der Waals surface area contributed by atoms with Crippen molar-refractivity contribution in [1.29, 1.82) is 0 Å². The summed E-state index contributed by atoms with van der Waals surface area (Å²) in [5, 5.41) is 10.8. The van der Waals surface area contributed by atoms with Crippen LogP contribution in [0.4, 0.5) is 10.5 Å². The van der Waals surface area contributed by atoms with E-state index in [1.807, 2.05) is 16.9 Å². The molecule has 2 amide bonds. The van der Waals surface area contributed by atoms with Crippen molar-refractivity contribution < 1.29 is 37.3 Å². The van der Waals surface area contributed by atoms with Crippen molar-refractivity contribution in [3.05, 3.63) is 77.9 Å². The SMILES string of the molecule is CC(C)(C)OC(=O)N(CCOc1ccc(-c2ccc(C(=O)NS(C)(=O)=O)c(OC3CCCCC3)c2)cc1)C[C@H](O)c1ccc(N)cc1. The Hall–Kier alpha value is -4.29. The summed E-state index contributed by atoms with van der Waals surface area (Å²) in [5.74, 6) is 0.161. The van der Waals surface area contributed by atoms with E-state index in [0.29, 0.717) is 22.7 Å². The van der Waals surface area contributed by atoms with Crippen LogP contribution >= 0.6 is 0 Å². The van der Waals surface area contributed by atoms with Gasteiger partial charge in [-0.1, -0.05) is 36.8 Å². The molecule has 0 aliphatic heterocycles. The molecule has 0 unspecified atom stereocenters. The van der Waals surface area contributed by atoms with Gasteiger partial charge in [0, 0.05) is 5.69 Å². The monoisotopic (exact) mass is 667 g/mol. The van der Waals surface area contributed by atoms with Gasteiger partial charge in [-0.05, 0) is 99.5 Å². The second-order valence-electron chi connectivity index (χ2n) is 12.8. The third-order valence-electron chi connectivity index (χ3n) is 7.53. The molecule has 1 aliphatic rings. The number of benzene rings is 3. The molecule has 254 valence electrons. The Morgan fingerprint density at radius 3 is 2.23 bits per heavy atom. The van der Waals surface area contributed by atoms with E-state index in [-0.39, 0.29) is 31.4 Å². The number of carbonyl (C=O) groups is 2. The Bertz CT molecular complexity index is 1610. The molecule has 0 heterocycles. The minimum Gasteiger partial charge on any atom is -0.492 e. The van der Waals surface area contributed by atoms with E-state index in [9.17, 15) is 23.1 Å². The molecule has 4 rings (SSSR count). The summed E-state index contributed by atoms with van der Waals surface area (Å²) in [5.41, 5.74) is 8.02. The summed E-state index contributed by atoms with van der Waals surface area (Å²) in [6.07, 6.45) is 4.33. The molecule has 0 aromatic heterocycles. The largest absolute Gasteiger partial charge is 0.492 e. The smallest absolute Gasteiger partial charge is 0.410 e. The molecule has 0 radical (unpaired) electrons. The third kappa shape index (κ3) is 11.2. The molecule has 47 heavy (non-hydrogen) atoms. The number of anilines is 1. The second-order valence-corrected chi connectivity index (χ2v) is 14.5. The van der Waals surface area contributed by atoms with Crippen molar-refractivity contribution in [2.45, 2.75) is 70.7 Å². The summed E-state index contributed by atoms with van der Waals surface area (Å²) in [7, 11) is -3.75. The van der Waals surface area contributed by atoms with E-state index in [1.165, 1.54) is 4.90 Å². The molecule has 1 saturated carbocycles. The summed E-state index contributed by atoms with van der Waals surface area (Å²) in [6, 6.07) is 19.2. The molecule has 0 spiro atoms. The first-order valence-corrected chi connectivity index (χ1v) is 17.6. The highest BCUT2D eigenvalue weighted by atomic mass is 32.2. The summed E-state index contributed by atoms with van der Waals surface area (Å²) >= 11 is 0. The minimum atomic E-state index is -3.75. The van der Waals surface area contributed by atoms with E-state index in [4.69, 9.17) is 19.9 Å². The molecule has 1 fully saturated rings. The van der Waals surface area contributed by atoms with Crippen LogP contribution in [-0.2, 0) is 14.8 Å². The molecule has 1 aliphatic carbocycles. The van der Waals surface area contributed by atoms with Crippen molar-refractivity contribution in [3.8, 4) is 22.6 Å². The van der Waals surface area contributed by atoms with Gasteiger partial charge in [0.15, 0.2) is 0 Å². The number of ether oxygens (including phenoxy) is 3. The lowest BCUT2D eigenvalue weighted by Gasteiger charge is -2.29. The zero-order valence-corrected chi connectivity index (χ0v) is 28.2. The van der Waals surface area contributed by atoms with Crippen molar-refractivity contribution in [2.75, 3.05) is 31.7 Å². The van der Waals surface area contributed by atoms with Crippen LogP contribution in [0.5, 0.6) is 11.5 Å². The number of hydrogen-bond acceptors (Lipinski definition) is 9. The maximum atomic E-state index is 13.0. The molecule has 0 bridgehead atoms. The molecular formula is C35H45N3O8S. The maximum Gasteiger partial charge on any atom is 0.410 e. The number of nitrogens with two attached hydrogens (primary N) is 1. The average molecular weight is 668 g/mol. The molecule has 11 nitrogen and oxygen atoms in total. The number of nitrogens with one attached hydrogen (secondary N) is 1. The van der Waals surface area contributed by atoms with Gasteiger partial charge in [0.25, 0.3) is 5.91 Å². The first kappa shape index (κ1) is 35.6. The van der Waals surface area contributed by atoms with Crippen LogP contribution in [-0.4, -0.2) is 68.1 Å². The summed E-state index contributed by atoms with van der Waals surface area (Å²) in [4.78, 5) is 27.2. The number of hydrogen-bond donors (Lipinski definition) is 3. The van der Waals surface area contributed by atoms with Gasteiger partial charge in [0.1, 0.15) is 23.7 Å².